The van der Waals surface area contributed by atoms with Crippen molar-refractivity contribution in [3.63, 3.8) is 0 Å². The van der Waals surface area contributed by atoms with Crippen LogP contribution in [0.25, 0.3) is 23.3 Å². The van der Waals surface area contributed by atoms with Crippen LogP contribution in [-0.4, -0.2) is 48.9 Å². The SMILES string of the molecule is Cc1cc(N/N=C2/C(=O)c3ccc(S(=O)(=O)[O-])cc3C=C2S(=O)(=O)[O-])ccc1-c1ccc(N/N=C2/C(=O)C=Cc3ccccc32)cc1C.[Na+].[Na+]. The van der Waals surface area contributed by atoms with Gasteiger partial charge in [-0.1, -0.05) is 42.5 Å². The summed E-state index contributed by atoms with van der Waals surface area (Å²) < 4.78 is 70.4. The molecule has 2 N–H and O–H groups in total. The standard InChI is InChI=1S/C34H26N4O8S2.2Na/c1-19-15-23(35-37-32-28-6-4-3-5-21(28)7-14-30(32)39)8-11-26(19)27-12-9-24(16-20(27)2)36-38-33-31(48(44,45)46)18-22-17-25(47(41,42)43)10-13-29(22)34(33)40;;/h3-18,35-36H,1-2H3,(H,41,42,43)(H,44,45,46);;/q;2*+1/p-2/b37-32+,38-33+;;. The molecule has 0 spiro atoms. The van der Waals surface area contributed by atoms with E-state index in [0.717, 1.165) is 57.7 Å². The van der Waals surface area contributed by atoms with Gasteiger partial charge in [0.2, 0.25) is 11.6 Å². The van der Waals surface area contributed by atoms with Gasteiger partial charge in [-0.25, -0.2) is 16.8 Å². The van der Waals surface area contributed by atoms with E-state index in [1.54, 1.807) is 24.3 Å². The molecule has 0 aromatic heterocycles. The fraction of sp³-hybridized carbons (Fsp3) is 0.0588. The fourth-order valence-corrected chi connectivity index (χ4v) is 6.58. The van der Waals surface area contributed by atoms with Crippen molar-refractivity contribution in [1.29, 1.82) is 0 Å². The molecule has 242 valence electrons. The molecule has 2 aliphatic rings. The van der Waals surface area contributed by atoms with Crippen LogP contribution < -0.4 is 70.0 Å². The summed E-state index contributed by atoms with van der Waals surface area (Å²) in [4.78, 5) is 24.0. The first-order valence-corrected chi connectivity index (χ1v) is 17.1. The van der Waals surface area contributed by atoms with Crippen molar-refractivity contribution in [3.8, 4) is 11.1 Å². The summed E-state index contributed by atoms with van der Waals surface area (Å²) in [6.45, 7) is 3.77. The molecule has 0 bridgehead atoms. The second-order valence-corrected chi connectivity index (χ2v) is 13.7. The monoisotopic (exact) mass is 726 g/mol. The minimum atomic E-state index is -5.23. The molecule has 0 fully saturated rings. The maximum atomic E-state index is 13.2. The number of allylic oxidation sites excluding steroid dienone is 2. The van der Waals surface area contributed by atoms with Gasteiger partial charge >= 0.3 is 59.1 Å². The fourth-order valence-electron chi connectivity index (χ4n) is 5.43. The third kappa shape index (κ3) is 8.16. The molecule has 0 unspecified atom stereocenters. The number of fused-ring (bicyclic) bond motifs is 2. The molecule has 4 aromatic rings. The van der Waals surface area contributed by atoms with Crippen LogP contribution in [0.2, 0.25) is 0 Å². The average Bonchev–Trinajstić information content (AvgIpc) is 3.03. The van der Waals surface area contributed by atoms with Crippen LogP contribution in [0.3, 0.4) is 0 Å². The zero-order valence-corrected chi connectivity index (χ0v) is 32.8. The summed E-state index contributed by atoms with van der Waals surface area (Å²) in [6.07, 6.45) is 4.06. The third-order valence-corrected chi connectivity index (χ3v) is 9.44. The quantitative estimate of drug-likeness (QED) is 0.133. The van der Waals surface area contributed by atoms with Gasteiger partial charge in [-0.15, -0.1) is 0 Å². The molecule has 0 atom stereocenters. The molecule has 0 saturated carbocycles. The van der Waals surface area contributed by atoms with Gasteiger partial charge in [-0.2, -0.15) is 10.2 Å². The van der Waals surface area contributed by atoms with Crippen molar-refractivity contribution in [1.82, 2.24) is 0 Å². The number of carbonyl (C=O) groups excluding carboxylic acids is 2. The Balaban J connectivity index is 0.00000281. The van der Waals surface area contributed by atoms with E-state index in [2.05, 4.69) is 21.1 Å². The maximum absolute atomic E-state index is 13.2. The van der Waals surface area contributed by atoms with E-state index in [0.29, 0.717) is 17.1 Å². The van der Waals surface area contributed by atoms with Crippen molar-refractivity contribution in [3.05, 3.63) is 123 Å². The zero-order valence-electron chi connectivity index (χ0n) is 27.2. The largest absolute Gasteiger partial charge is 1.00 e. The summed E-state index contributed by atoms with van der Waals surface area (Å²) in [5.41, 5.74) is 11.1. The van der Waals surface area contributed by atoms with Crippen molar-refractivity contribution < 1.29 is 94.6 Å². The number of rotatable bonds is 7. The molecule has 0 saturated heterocycles. The Hall–Kier alpha value is -3.54. The molecule has 0 radical (unpaired) electrons. The molecule has 0 amide bonds. The average molecular weight is 727 g/mol. The summed E-state index contributed by atoms with van der Waals surface area (Å²) >= 11 is 0. The van der Waals surface area contributed by atoms with Crippen LogP contribution in [0.5, 0.6) is 0 Å². The summed E-state index contributed by atoms with van der Waals surface area (Å²) in [7, 11) is -10.1. The van der Waals surface area contributed by atoms with Crippen LogP contribution in [0.4, 0.5) is 11.4 Å². The Morgan fingerprint density at radius 2 is 1.16 bits per heavy atom. The molecule has 6 rings (SSSR count). The van der Waals surface area contributed by atoms with Crippen molar-refractivity contribution in [2.24, 2.45) is 10.2 Å². The van der Waals surface area contributed by atoms with Crippen LogP contribution in [0, 0.1) is 13.8 Å². The predicted octanol–water partition coefficient (Wildman–Crippen LogP) is -1.15. The molecule has 0 heterocycles. The van der Waals surface area contributed by atoms with E-state index in [1.165, 1.54) is 6.08 Å². The van der Waals surface area contributed by atoms with Gasteiger partial charge in [-0.05, 0) is 102 Å². The van der Waals surface area contributed by atoms with Gasteiger partial charge in [0.05, 0.1) is 21.2 Å². The molecule has 2 aliphatic carbocycles. The van der Waals surface area contributed by atoms with E-state index in [1.807, 2.05) is 56.3 Å². The van der Waals surface area contributed by atoms with E-state index in [9.17, 15) is 35.5 Å². The second-order valence-electron chi connectivity index (χ2n) is 11.0. The minimum absolute atomic E-state index is 0. The van der Waals surface area contributed by atoms with Gasteiger partial charge < -0.3 is 9.11 Å². The molecular weight excluding hydrogens is 703 g/mol. The number of benzene rings is 4. The number of hydrogen-bond donors (Lipinski definition) is 2. The van der Waals surface area contributed by atoms with Gasteiger partial charge in [0.25, 0.3) is 0 Å². The second kappa shape index (κ2) is 15.4. The van der Waals surface area contributed by atoms with Gasteiger partial charge in [-0.3, -0.25) is 20.4 Å². The maximum Gasteiger partial charge on any atom is 1.00 e. The normalized spacial score (nSPS) is 15.4. The smallest absolute Gasteiger partial charge is 0.744 e. The van der Waals surface area contributed by atoms with Crippen LogP contribution in [0.15, 0.2) is 105 Å². The first kappa shape index (κ1) is 39.2. The predicted molar refractivity (Wildman–Crippen MR) is 179 cm³/mol. The van der Waals surface area contributed by atoms with E-state index < -0.39 is 41.5 Å². The van der Waals surface area contributed by atoms with Gasteiger partial charge in [0, 0.05) is 11.1 Å². The molecule has 4 aromatic carbocycles. The Bertz CT molecular complexity index is 2420. The van der Waals surface area contributed by atoms with E-state index >= 15 is 0 Å². The number of Topliss-reactive ketones (excluding diaryl/α,β-unsaturated/α-hetero) is 1. The minimum Gasteiger partial charge on any atom is -0.744 e. The number of ketones is 2. The van der Waals surface area contributed by atoms with Crippen molar-refractivity contribution in [2.75, 3.05) is 10.9 Å². The number of carbonyl (C=O) groups is 2. The van der Waals surface area contributed by atoms with Crippen LogP contribution in [-0.2, 0) is 25.0 Å². The molecule has 12 nitrogen and oxygen atoms in total. The first-order chi connectivity index (χ1) is 22.7. The molecule has 16 heteroatoms. The first-order valence-electron chi connectivity index (χ1n) is 14.2. The summed E-state index contributed by atoms with van der Waals surface area (Å²) in [6, 6.07) is 21.1. The number of hydrogen-bond acceptors (Lipinski definition) is 12. The number of nitrogens with one attached hydrogen (secondary N) is 2. The van der Waals surface area contributed by atoms with Crippen LogP contribution in [0.1, 0.15) is 38.2 Å². The van der Waals surface area contributed by atoms with E-state index in [-0.39, 0.29) is 76.0 Å². The topological polar surface area (TPSA) is 197 Å². The van der Waals surface area contributed by atoms with Crippen molar-refractivity contribution in [2.45, 2.75) is 18.7 Å². The number of hydrazone groups is 2. The Morgan fingerprint density at radius 1 is 0.600 bits per heavy atom. The van der Waals surface area contributed by atoms with E-state index in [4.69, 9.17) is 0 Å². The van der Waals surface area contributed by atoms with Crippen LogP contribution >= 0.6 is 0 Å². The third-order valence-electron chi connectivity index (χ3n) is 7.76. The van der Waals surface area contributed by atoms with Gasteiger partial charge in [0.1, 0.15) is 31.7 Å². The Labute approximate surface area is 332 Å². The Morgan fingerprint density at radius 3 is 1.72 bits per heavy atom. The molecule has 50 heavy (non-hydrogen) atoms. The number of aryl methyl sites for hydroxylation is 2. The summed E-state index contributed by atoms with van der Waals surface area (Å²) in [5.74, 6) is -1.14. The number of nitrogens with zero attached hydrogens (tertiary/aromatic N) is 2. The van der Waals surface area contributed by atoms with Gasteiger partial charge in [0.15, 0.2) is 0 Å². The Kier molecular flexibility index (Phi) is 12.1. The molecular formula is C34H24N4Na2O8S2. The summed E-state index contributed by atoms with van der Waals surface area (Å²) in [5, 5.41) is 8.33. The zero-order chi connectivity index (χ0) is 34.4. The molecule has 0 aliphatic heterocycles. The van der Waals surface area contributed by atoms with Crippen molar-refractivity contribution >= 4 is 66.8 Å². The number of anilines is 2.